The molecule has 2 rings (SSSR count). The maximum Gasteiger partial charge on any atom is 0.246 e. The van der Waals surface area contributed by atoms with Gasteiger partial charge in [-0.15, -0.1) is 0 Å². The van der Waals surface area contributed by atoms with Crippen LogP contribution in [0.2, 0.25) is 0 Å². The van der Waals surface area contributed by atoms with Gasteiger partial charge in [0, 0.05) is 24.4 Å². The van der Waals surface area contributed by atoms with Crippen molar-refractivity contribution in [2.24, 2.45) is 0 Å². The van der Waals surface area contributed by atoms with Crippen LogP contribution in [0.25, 0.3) is 0 Å². The lowest BCUT2D eigenvalue weighted by Crippen LogP contribution is -2.30. The topological polar surface area (TPSA) is 50.4 Å². The van der Waals surface area contributed by atoms with Crippen LogP contribution in [0, 0.1) is 13.8 Å². The standard InChI is InChI=1S/C14H20N2O2/c1-4-18-6-5-15-13-11-8-9(2)7-10(3)12(11)16-14(13)17/h7-8,13,15H,4-6H2,1-3H3,(H,16,17). The molecule has 0 aliphatic carbocycles. The minimum atomic E-state index is -0.251. The fourth-order valence-corrected chi connectivity index (χ4v) is 2.36. The molecule has 18 heavy (non-hydrogen) atoms. The Balaban J connectivity index is 2.12. The molecule has 0 saturated carbocycles. The summed E-state index contributed by atoms with van der Waals surface area (Å²) >= 11 is 0. The van der Waals surface area contributed by atoms with Crippen molar-refractivity contribution in [3.05, 3.63) is 28.8 Å². The van der Waals surface area contributed by atoms with Crippen molar-refractivity contribution in [1.82, 2.24) is 5.32 Å². The average Bonchev–Trinajstić information content (AvgIpc) is 2.62. The zero-order valence-corrected chi connectivity index (χ0v) is 11.2. The Morgan fingerprint density at radius 2 is 2.17 bits per heavy atom. The van der Waals surface area contributed by atoms with Gasteiger partial charge in [-0.05, 0) is 26.3 Å². The predicted molar refractivity (Wildman–Crippen MR) is 71.8 cm³/mol. The summed E-state index contributed by atoms with van der Waals surface area (Å²) in [7, 11) is 0. The van der Waals surface area contributed by atoms with Crippen LogP contribution in [0.15, 0.2) is 12.1 Å². The monoisotopic (exact) mass is 248 g/mol. The number of hydrogen-bond acceptors (Lipinski definition) is 3. The van der Waals surface area contributed by atoms with Gasteiger partial charge >= 0.3 is 0 Å². The maximum absolute atomic E-state index is 11.9. The molecule has 0 spiro atoms. The van der Waals surface area contributed by atoms with Gasteiger partial charge in [0.2, 0.25) is 5.91 Å². The molecule has 0 radical (unpaired) electrons. The second-order valence-corrected chi connectivity index (χ2v) is 4.62. The van der Waals surface area contributed by atoms with E-state index in [-0.39, 0.29) is 11.9 Å². The number of anilines is 1. The zero-order valence-electron chi connectivity index (χ0n) is 11.2. The van der Waals surface area contributed by atoms with Crippen LogP contribution in [-0.2, 0) is 9.53 Å². The molecule has 1 heterocycles. The summed E-state index contributed by atoms with van der Waals surface area (Å²) in [4.78, 5) is 11.9. The lowest BCUT2D eigenvalue weighted by Gasteiger charge is -2.12. The number of benzene rings is 1. The van der Waals surface area contributed by atoms with Crippen LogP contribution in [-0.4, -0.2) is 25.7 Å². The Bertz CT molecular complexity index is 457. The van der Waals surface area contributed by atoms with Crippen molar-refractivity contribution >= 4 is 11.6 Å². The van der Waals surface area contributed by atoms with Crippen molar-refractivity contribution in [3.8, 4) is 0 Å². The van der Waals surface area contributed by atoms with Crippen molar-refractivity contribution in [1.29, 1.82) is 0 Å². The molecular formula is C14H20N2O2. The number of aryl methyl sites for hydroxylation is 2. The van der Waals surface area contributed by atoms with Gasteiger partial charge in [-0.2, -0.15) is 0 Å². The normalized spacial score (nSPS) is 17.7. The Morgan fingerprint density at radius 1 is 1.39 bits per heavy atom. The number of carbonyl (C=O) groups is 1. The molecule has 1 aromatic carbocycles. The molecule has 1 aliphatic heterocycles. The molecule has 1 aromatic rings. The van der Waals surface area contributed by atoms with E-state index >= 15 is 0 Å². The zero-order chi connectivity index (χ0) is 13.1. The van der Waals surface area contributed by atoms with Crippen molar-refractivity contribution in [2.45, 2.75) is 26.8 Å². The van der Waals surface area contributed by atoms with Gasteiger partial charge in [0.15, 0.2) is 0 Å². The van der Waals surface area contributed by atoms with Gasteiger partial charge in [-0.3, -0.25) is 10.1 Å². The summed E-state index contributed by atoms with van der Waals surface area (Å²) in [6.07, 6.45) is 0. The Hall–Kier alpha value is -1.39. The summed E-state index contributed by atoms with van der Waals surface area (Å²) < 4.78 is 5.27. The molecule has 0 saturated heterocycles. The minimum absolute atomic E-state index is 0.0233. The van der Waals surface area contributed by atoms with E-state index in [0.29, 0.717) is 19.8 Å². The molecular weight excluding hydrogens is 228 g/mol. The lowest BCUT2D eigenvalue weighted by molar-refractivity contribution is -0.117. The van der Waals surface area contributed by atoms with Gasteiger partial charge in [-0.1, -0.05) is 17.7 Å². The summed E-state index contributed by atoms with van der Waals surface area (Å²) in [5, 5.41) is 6.18. The number of hydrogen-bond donors (Lipinski definition) is 2. The fourth-order valence-electron chi connectivity index (χ4n) is 2.36. The molecule has 1 unspecified atom stereocenters. The number of rotatable bonds is 5. The van der Waals surface area contributed by atoms with E-state index in [1.165, 1.54) is 5.56 Å². The van der Waals surface area contributed by atoms with Crippen LogP contribution in [0.4, 0.5) is 5.69 Å². The highest BCUT2D eigenvalue weighted by molar-refractivity contribution is 6.03. The summed E-state index contributed by atoms with van der Waals surface area (Å²) in [5.41, 5.74) is 4.31. The first-order valence-corrected chi connectivity index (χ1v) is 6.36. The van der Waals surface area contributed by atoms with Crippen LogP contribution >= 0.6 is 0 Å². The SMILES string of the molecule is CCOCCNC1C(=O)Nc2c(C)cc(C)cc21. The summed E-state index contributed by atoms with van der Waals surface area (Å²) in [6, 6.07) is 3.90. The number of nitrogens with one attached hydrogen (secondary N) is 2. The molecule has 1 aliphatic rings. The smallest absolute Gasteiger partial charge is 0.246 e. The van der Waals surface area contributed by atoms with Crippen LogP contribution in [0.5, 0.6) is 0 Å². The molecule has 0 fully saturated rings. The maximum atomic E-state index is 11.9. The third-order valence-corrected chi connectivity index (χ3v) is 3.13. The molecule has 1 amide bonds. The molecule has 0 aromatic heterocycles. The van der Waals surface area contributed by atoms with E-state index in [1.54, 1.807) is 0 Å². The van der Waals surface area contributed by atoms with Crippen molar-refractivity contribution in [2.75, 3.05) is 25.1 Å². The first kappa shape index (κ1) is 13.1. The molecule has 4 nitrogen and oxygen atoms in total. The second kappa shape index (κ2) is 5.50. The summed E-state index contributed by atoms with van der Waals surface area (Å²) in [5.74, 6) is 0.0233. The van der Waals surface area contributed by atoms with E-state index in [1.807, 2.05) is 20.8 Å². The predicted octanol–water partition coefficient (Wildman–Crippen LogP) is 1.92. The van der Waals surface area contributed by atoms with Crippen molar-refractivity contribution < 1.29 is 9.53 Å². The van der Waals surface area contributed by atoms with E-state index in [0.717, 1.165) is 16.8 Å². The van der Waals surface area contributed by atoms with Crippen LogP contribution in [0.1, 0.15) is 29.7 Å². The van der Waals surface area contributed by atoms with Gasteiger partial charge < -0.3 is 10.1 Å². The number of fused-ring (bicyclic) bond motifs is 1. The Morgan fingerprint density at radius 3 is 2.89 bits per heavy atom. The van der Waals surface area contributed by atoms with Crippen LogP contribution in [0.3, 0.4) is 0 Å². The van der Waals surface area contributed by atoms with E-state index in [2.05, 4.69) is 22.8 Å². The highest BCUT2D eigenvalue weighted by Crippen LogP contribution is 2.34. The second-order valence-electron chi connectivity index (χ2n) is 4.62. The lowest BCUT2D eigenvalue weighted by atomic mass is 10.0. The molecule has 0 bridgehead atoms. The van der Waals surface area contributed by atoms with Gasteiger partial charge in [0.25, 0.3) is 0 Å². The number of ether oxygens (including phenoxy) is 1. The minimum Gasteiger partial charge on any atom is -0.380 e. The highest BCUT2D eigenvalue weighted by atomic mass is 16.5. The highest BCUT2D eigenvalue weighted by Gasteiger charge is 2.31. The molecule has 1 atom stereocenters. The molecule has 98 valence electrons. The number of amides is 1. The fraction of sp³-hybridized carbons (Fsp3) is 0.500. The quantitative estimate of drug-likeness (QED) is 0.783. The Kier molecular flexibility index (Phi) is 3.99. The average molecular weight is 248 g/mol. The Labute approximate surface area is 108 Å². The number of carbonyl (C=O) groups excluding carboxylic acids is 1. The van der Waals surface area contributed by atoms with Crippen LogP contribution < -0.4 is 10.6 Å². The molecule has 4 heteroatoms. The third-order valence-electron chi connectivity index (χ3n) is 3.13. The van der Waals surface area contributed by atoms with E-state index in [9.17, 15) is 4.79 Å². The van der Waals surface area contributed by atoms with E-state index in [4.69, 9.17) is 4.74 Å². The summed E-state index contributed by atoms with van der Waals surface area (Å²) in [6.45, 7) is 8.04. The first-order chi connectivity index (χ1) is 8.63. The van der Waals surface area contributed by atoms with Gasteiger partial charge in [0.05, 0.1) is 6.61 Å². The van der Waals surface area contributed by atoms with Gasteiger partial charge in [-0.25, -0.2) is 0 Å². The van der Waals surface area contributed by atoms with Gasteiger partial charge in [0.1, 0.15) is 6.04 Å². The molecule has 2 N–H and O–H groups in total. The third kappa shape index (κ3) is 2.54. The first-order valence-electron chi connectivity index (χ1n) is 6.36. The largest absolute Gasteiger partial charge is 0.380 e. The van der Waals surface area contributed by atoms with E-state index < -0.39 is 0 Å². The van der Waals surface area contributed by atoms with Crippen molar-refractivity contribution in [3.63, 3.8) is 0 Å².